The highest BCUT2D eigenvalue weighted by molar-refractivity contribution is 6.17. The first-order valence-electron chi connectivity index (χ1n) is 5.78. The molecular formula is C13H17ClN2. The number of fused-ring (bicyclic) bond motifs is 1. The van der Waals surface area contributed by atoms with E-state index in [4.69, 9.17) is 11.6 Å². The molecule has 0 radical (unpaired) electrons. The number of hydrogen-bond acceptors (Lipinski definition) is 1. The number of alkyl halides is 1. The summed E-state index contributed by atoms with van der Waals surface area (Å²) < 4.78 is 2.28. The van der Waals surface area contributed by atoms with E-state index in [9.17, 15) is 0 Å². The van der Waals surface area contributed by atoms with E-state index in [1.165, 1.54) is 11.1 Å². The number of nitrogens with zero attached hydrogens (tertiary/aromatic N) is 2. The average molecular weight is 237 g/mol. The summed E-state index contributed by atoms with van der Waals surface area (Å²) in [7, 11) is 0. The quantitative estimate of drug-likeness (QED) is 0.743. The number of rotatable bonds is 4. The molecule has 0 spiro atoms. The molecule has 86 valence electrons. The summed E-state index contributed by atoms with van der Waals surface area (Å²) in [5, 5.41) is 0. The van der Waals surface area contributed by atoms with Gasteiger partial charge in [0.1, 0.15) is 5.82 Å². The molecule has 0 atom stereocenters. The fourth-order valence-corrected chi connectivity index (χ4v) is 2.19. The zero-order chi connectivity index (χ0) is 11.5. The van der Waals surface area contributed by atoms with Crippen molar-refractivity contribution in [2.45, 2.75) is 33.2 Å². The van der Waals surface area contributed by atoms with Crippen LogP contribution in [0.15, 0.2) is 18.2 Å². The minimum Gasteiger partial charge on any atom is -0.328 e. The maximum Gasteiger partial charge on any atom is 0.109 e. The number of aryl methyl sites for hydroxylation is 3. The fourth-order valence-electron chi connectivity index (χ4n) is 2.06. The Kier molecular flexibility index (Phi) is 3.49. The molecule has 0 aliphatic rings. The van der Waals surface area contributed by atoms with Crippen LogP contribution in [0.3, 0.4) is 0 Å². The Morgan fingerprint density at radius 1 is 1.38 bits per heavy atom. The Hall–Kier alpha value is -1.02. The molecule has 0 saturated heterocycles. The van der Waals surface area contributed by atoms with Crippen molar-refractivity contribution in [3.05, 3.63) is 29.6 Å². The molecule has 2 rings (SSSR count). The summed E-state index contributed by atoms with van der Waals surface area (Å²) in [4.78, 5) is 4.69. The standard InChI is InChI=1S/C13H17ClN2/c1-3-16-12-7-6-10(2)9-11(12)15-13(16)5-4-8-14/h6-7,9H,3-5,8H2,1-2H3. The SMILES string of the molecule is CCn1c(CCCCl)nc2cc(C)ccc21. The number of hydrogen-bond donors (Lipinski definition) is 0. The van der Waals surface area contributed by atoms with Crippen molar-refractivity contribution in [3.63, 3.8) is 0 Å². The number of halogens is 1. The van der Waals surface area contributed by atoms with E-state index in [2.05, 4.69) is 41.6 Å². The van der Waals surface area contributed by atoms with Gasteiger partial charge in [-0.2, -0.15) is 0 Å². The van der Waals surface area contributed by atoms with E-state index in [0.29, 0.717) is 5.88 Å². The van der Waals surface area contributed by atoms with Gasteiger partial charge >= 0.3 is 0 Å². The summed E-state index contributed by atoms with van der Waals surface area (Å²) in [6.45, 7) is 5.23. The Morgan fingerprint density at radius 3 is 2.88 bits per heavy atom. The third-order valence-electron chi connectivity index (χ3n) is 2.83. The van der Waals surface area contributed by atoms with E-state index in [1.54, 1.807) is 0 Å². The van der Waals surface area contributed by atoms with Gasteiger partial charge in [0.05, 0.1) is 11.0 Å². The van der Waals surface area contributed by atoms with Gasteiger partial charge in [-0.25, -0.2) is 4.98 Å². The predicted octanol–water partition coefficient (Wildman–Crippen LogP) is 3.54. The maximum atomic E-state index is 5.73. The second kappa shape index (κ2) is 4.88. The molecule has 0 amide bonds. The van der Waals surface area contributed by atoms with E-state index < -0.39 is 0 Å². The largest absolute Gasteiger partial charge is 0.328 e. The molecule has 1 heterocycles. The van der Waals surface area contributed by atoms with E-state index >= 15 is 0 Å². The van der Waals surface area contributed by atoms with Crippen LogP contribution >= 0.6 is 11.6 Å². The first-order chi connectivity index (χ1) is 7.76. The van der Waals surface area contributed by atoms with Crippen molar-refractivity contribution in [3.8, 4) is 0 Å². The van der Waals surface area contributed by atoms with Crippen LogP contribution in [0.4, 0.5) is 0 Å². The Labute approximate surface area is 101 Å². The van der Waals surface area contributed by atoms with Gasteiger partial charge in [-0.05, 0) is 38.0 Å². The van der Waals surface area contributed by atoms with E-state index in [0.717, 1.165) is 30.7 Å². The van der Waals surface area contributed by atoms with Gasteiger partial charge < -0.3 is 4.57 Å². The van der Waals surface area contributed by atoms with Gasteiger partial charge in [0.15, 0.2) is 0 Å². The van der Waals surface area contributed by atoms with E-state index in [1.807, 2.05) is 0 Å². The Morgan fingerprint density at radius 2 is 2.19 bits per heavy atom. The molecule has 0 bridgehead atoms. The highest BCUT2D eigenvalue weighted by atomic mass is 35.5. The van der Waals surface area contributed by atoms with Gasteiger partial charge in [-0.1, -0.05) is 6.07 Å². The Bertz CT molecular complexity index is 488. The summed E-state index contributed by atoms with van der Waals surface area (Å²) >= 11 is 5.73. The van der Waals surface area contributed by atoms with Crippen LogP contribution in [-0.4, -0.2) is 15.4 Å². The predicted molar refractivity (Wildman–Crippen MR) is 69.2 cm³/mol. The minimum absolute atomic E-state index is 0.700. The normalized spacial score (nSPS) is 11.2. The summed E-state index contributed by atoms with van der Waals surface area (Å²) in [6, 6.07) is 6.44. The molecule has 1 aromatic heterocycles. The molecule has 0 aliphatic carbocycles. The van der Waals surface area contributed by atoms with Crippen LogP contribution in [0, 0.1) is 6.92 Å². The maximum absolute atomic E-state index is 5.73. The molecule has 0 aliphatic heterocycles. The highest BCUT2D eigenvalue weighted by Gasteiger charge is 2.08. The van der Waals surface area contributed by atoms with Gasteiger partial charge in [0.2, 0.25) is 0 Å². The van der Waals surface area contributed by atoms with Crippen LogP contribution in [0.1, 0.15) is 24.7 Å². The lowest BCUT2D eigenvalue weighted by Gasteiger charge is -2.04. The van der Waals surface area contributed by atoms with Crippen molar-refractivity contribution in [2.75, 3.05) is 5.88 Å². The first-order valence-corrected chi connectivity index (χ1v) is 6.31. The molecule has 0 unspecified atom stereocenters. The van der Waals surface area contributed by atoms with Crippen LogP contribution in [0.2, 0.25) is 0 Å². The van der Waals surface area contributed by atoms with E-state index in [-0.39, 0.29) is 0 Å². The third-order valence-corrected chi connectivity index (χ3v) is 3.10. The number of imidazole rings is 1. The number of aromatic nitrogens is 2. The van der Waals surface area contributed by atoms with Gasteiger partial charge in [-0.3, -0.25) is 0 Å². The lowest BCUT2D eigenvalue weighted by atomic mass is 10.2. The molecule has 0 fully saturated rings. The average Bonchev–Trinajstić information content (AvgIpc) is 2.62. The second-order valence-electron chi connectivity index (χ2n) is 4.06. The van der Waals surface area contributed by atoms with Crippen LogP contribution in [0.5, 0.6) is 0 Å². The Balaban J connectivity index is 2.48. The van der Waals surface area contributed by atoms with Crippen LogP contribution in [0.25, 0.3) is 11.0 Å². The molecule has 3 heteroatoms. The van der Waals surface area contributed by atoms with Gasteiger partial charge in [0.25, 0.3) is 0 Å². The monoisotopic (exact) mass is 236 g/mol. The third kappa shape index (κ3) is 2.07. The molecule has 0 N–H and O–H groups in total. The fraction of sp³-hybridized carbons (Fsp3) is 0.462. The van der Waals surface area contributed by atoms with Crippen LogP contribution in [-0.2, 0) is 13.0 Å². The molecule has 2 nitrogen and oxygen atoms in total. The van der Waals surface area contributed by atoms with Crippen molar-refractivity contribution in [1.82, 2.24) is 9.55 Å². The molecule has 16 heavy (non-hydrogen) atoms. The second-order valence-corrected chi connectivity index (χ2v) is 4.43. The van der Waals surface area contributed by atoms with Crippen molar-refractivity contribution >= 4 is 22.6 Å². The minimum atomic E-state index is 0.700. The van der Waals surface area contributed by atoms with Crippen molar-refractivity contribution in [1.29, 1.82) is 0 Å². The molecule has 2 aromatic rings. The van der Waals surface area contributed by atoms with Crippen molar-refractivity contribution < 1.29 is 0 Å². The summed E-state index contributed by atoms with van der Waals surface area (Å²) in [6.07, 6.45) is 1.95. The van der Waals surface area contributed by atoms with Crippen molar-refractivity contribution in [2.24, 2.45) is 0 Å². The van der Waals surface area contributed by atoms with Crippen LogP contribution < -0.4 is 0 Å². The summed E-state index contributed by atoms with van der Waals surface area (Å²) in [5.74, 6) is 1.86. The zero-order valence-electron chi connectivity index (χ0n) is 9.83. The highest BCUT2D eigenvalue weighted by Crippen LogP contribution is 2.18. The smallest absolute Gasteiger partial charge is 0.109 e. The first kappa shape index (κ1) is 11.5. The van der Waals surface area contributed by atoms with Gasteiger partial charge in [0, 0.05) is 18.8 Å². The summed E-state index contributed by atoms with van der Waals surface area (Å²) in [5.41, 5.74) is 3.60. The molecule has 1 aromatic carbocycles. The lowest BCUT2D eigenvalue weighted by molar-refractivity contribution is 0.702. The zero-order valence-corrected chi connectivity index (χ0v) is 10.6. The molecular weight excluding hydrogens is 220 g/mol. The topological polar surface area (TPSA) is 17.8 Å². The number of benzene rings is 1. The van der Waals surface area contributed by atoms with Gasteiger partial charge in [-0.15, -0.1) is 11.6 Å². The molecule has 0 saturated carbocycles. The lowest BCUT2D eigenvalue weighted by Crippen LogP contribution is -2.02.